The van der Waals surface area contributed by atoms with Gasteiger partial charge in [-0.2, -0.15) is 0 Å². The first kappa shape index (κ1) is 13.5. The van der Waals surface area contributed by atoms with E-state index in [4.69, 9.17) is 17.0 Å². The number of thiocarbonyl (C=S) groups is 1. The molecule has 0 spiro atoms. The van der Waals surface area contributed by atoms with Crippen LogP contribution in [0, 0.1) is 5.82 Å². The second kappa shape index (κ2) is 6.31. The Bertz CT molecular complexity index is 560. The van der Waals surface area contributed by atoms with Gasteiger partial charge in [0.15, 0.2) is 0 Å². The highest BCUT2D eigenvalue weighted by molar-refractivity contribution is 9.10. The molecule has 0 N–H and O–H groups in total. The van der Waals surface area contributed by atoms with Gasteiger partial charge in [0.1, 0.15) is 11.6 Å². The fourth-order valence-electron chi connectivity index (χ4n) is 1.25. The number of rotatable bonds is 2. The zero-order valence-corrected chi connectivity index (χ0v) is 12.3. The lowest BCUT2D eigenvalue weighted by atomic mass is 10.3. The molecule has 0 heterocycles. The van der Waals surface area contributed by atoms with E-state index >= 15 is 0 Å². The predicted molar refractivity (Wildman–Crippen MR) is 79.6 cm³/mol. The van der Waals surface area contributed by atoms with Gasteiger partial charge < -0.3 is 4.74 Å². The van der Waals surface area contributed by atoms with E-state index in [1.807, 2.05) is 30.3 Å². The third kappa shape index (κ3) is 3.80. The van der Waals surface area contributed by atoms with E-state index in [0.717, 1.165) is 4.90 Å². The summed E-state index contributed by atoms with van der Waals surface area (Å²) in [5.41, 5.74) is 0. The number of ether oxygens (including phenoxy) is 1. The van der Waals surface area contributed by atoms with Crippen LogP contribution in [0.2, 0.25) is 0 Å². The zero-order chi connectivity index (χ0) is 13.0. The summed E-state index contributed by atoms with van der Waals surface area (Å²) < 4.78 is 19.3. The van der Waals surface area contributed by atoms with Gasteiger partial charge in [0.05, 0.1) is 4.47 Å². The van der Waals surface area contributed by atoms with Crippen LogP contribution in [0.4, 0.5) is 4.39 Å². The van der Waals surface area contributed by atoms with Crippen molar-refractivity contribution in [1.29, 1.82) is 0 Å². The molecule has 0 aliphatic rings. The van der Waals surface area contributed by atoms with E-state index in [1.165, 1.54) is 30.0 Å². The molecular formula is C13H8BrFOS2. The minimum absolute atomic E-state index is 0.323. The van der Waals surface area contributed by atoms with Crippen molar-refractivity contribution >= 4 is 44.3 Å². The van der Waals surface area contributed by atoms with Crippen LogP contribution in [-0.4, -0.2) is 4.38 Å². The Balaban J connectivity index is 2.03. The number of halogens is 2. The molecular weight excluding hydrogens is 335 g/mol. The Kier molecular flexibility index (Phi) is 4.74. The molecule has 0 aliphatic heterocycles. The van der Waals surface area contributed by atoms with Crippen LogP contribution in [0.1, 0.15) is 0 Å². The lowest BCUT2D eigenvalue weighted by Gasteiger charge is -2.08. The maximum absolute atomic E-state index is 12.9. The SMILES string of the molecule is Fc1ccc(OC(=S)Sc2ccccc2)c(Br)c1. The van der Waals surface area contributed by atoms with Crippen molar-refractivity contribution in [1.82, 2.24) is 0 Å². The van der Waals surface area contributed by atoms with Gasteiger partial charge in [0, 0.05) is 4.90 Å². The van der Waals surface area contributed by atoms with Gasteiger partial charge in [0.2, 0.25) is 4.38 Å². The van der Waals surface area contributed by atoms with Crippen LogP contribution < -0.4 is 4.74 Å². The summed E-state index contributed by atoms with van der Waals surface area (Å²) >= 11 is 9.71. The van der Waals surface area contributed by atoms with Gasteiger partial charge in [-0.25, -0.2) is 4.39 Å². The van der Waals surface area contributed by atoms with Gasteiger partial charge in [0.25, 0.3) is 0 Å². The molecule has 0 atom stereocenters. The van der Waals surface area contributed by atoms with Gasteiger partial charge in [-0.1, -0.05) is 18.2 Å². The molecule has 0 saturated heterocycles. The van der Waals surface area contributed by atoms with Crippen LogP contribution in [0.15, 0.2) is 57.9 Å². The molecule has 0 aromatic heterocycles. The van der Waals surface area contributed by atoms with Crippen molar-refractivity contribution in [3.8, 4) is 5.75 Å². The predicted octanol–water partition coefficient (Wildman–Crippen LogP) is 5.04. The molecule has 1 nitrogen and oxygen atoms in total. The molecule has 2 aromatic rings. The van der Waals surface area contributed by atoms with Crippen LogP contribution in [-0.2, 0) is 0 Å². The fourth-order valence-corrected chi connectivity index (χ4v) is 2.68. The lowest BCUT2D eigenvalue weighted by Crippen LogP contribution is -2.00. The highest BCUT2D eigenvalue weighted by Gasteiger charge is 2.07. The summed E-state index contributed by atoms with van der Waals surface area (Å²) in [5, 5.41) is 0. The van der Waals surface area contributed by atoms with Gasteiger partial charge in [-0.05, 0) is 70.2 Å². The first-order valence-corrected chi connectivity index (χ1v) is 7.07. The lowest BCUT2D eigenvalue weighted by molar-refractivity contribution is 0.567. The van der Waals surface area contributed by atoms with Gasteiger partial charge >= 0.3 is 0 Å². The van der Waals surface area contributed by atoms with Crippen LogP contribution in [0.5, 0.6) is 5.75 Å². The van der Waals surface area contributed by atoms with E-state index < -0.39 is 0 Å². The molecule has 0 saturated carbocycles. The Morgan fingerprint density at radius 3 is 2.56 bits per heavy atom. The average Bonchev–Trinajstić information content (AvgIpc) is 2.34. The van der Waals surface area contributed by atoms with Crippen molar-refractivity contribution < 1.29 is 9.13 Å². The smallest absolute Gasteiger partial charge is 0.230 e. The Labute approximate surface area is 122 Å². The van der Waals surface area contributed by atoms with Crippen LogP contribution in [0.3, 0.4) is 0 Å². The van der Waals surface area contributed by atoms with Crippen LogP contribution in [0.25, 0.3) is 0 Å². The fraction of sp³-hybridized carbons (Fsp3) is 0. The molecule has 0 bridgehead atoms. The standard InChI is InChI=1S/C13H8BrFOS2/c14-11-8-9(15)6-7-12(11)16-13(17)18-10-4-2-1-3-5-10/h1-8H. The van der Waals surface area contributed by atoms with E-state index in [9.17, 15) is 4.39 Å². The molecule has 18 heavy (non-hydrogen) atoms. The normalized spacial score (nSPS) is 10.1. The summed E-state index contributed by atoms with van der Waals surface area (Å²) in [6.07, 6.45) is 0. The molecule has 2 rings (SSSR count). The van der Waals surface area contributed by atoms with Crippen molar-refractivity contribution in [2.24, 2.45) is 0 Å². The number of hydrogen-bond acceptors (Lipinski definition) is 3. The van der Waals surface area contributed by atoms with Crippen LogP contribution >= 0.6 is 39.9 Å². The molecule has 5 heteroatoms. The zero-order valence-electron chi connectivity index (χ0n) is 9.10. The summed E-state index contributed by atoms with van der Waals surface area (Å²) in [6.45, 7) is 0. The topological polar surface area (TPSA) is 9.23 Å². The van der Waals surface area contributed by atoms with E-state index in [1.54, 1.807) is 0 Å². The third-order valence-corrected chi connectivity index (χ3v) is 3.74. The van der Waals surface area contributed by atoms with Crippen molar-refractivity contribution in [3.05, 3.63) is 58.8 Å². The number of benzene rings is 2. The quantitative estimate of drug-likeness (QED) is 0.558. The largest absolute Gasteiger partial charge is 0.438 e. The molecule has 0 aliphatic carbocycles. The Morgan fingerprint density at radius 1 is 1.17 bits per heavy atom. The maximum Gasteiger partial charge on any atom is 0.230 e. The first-order chi connectivity index (χ1) is 8.65. The molecule has 0 amide bonds. The highest BCUT2D eigenvalue weighted by Crippen LogP contribution is 2.28. The molecule has 0 radical (unpaired) electrons. The number of hydrogen-bond donors (Lipinski definition) is 0. The Hall–Kier alpha value is -0.910. The van der Waals surface area contributed by atoms with E-state index in [2.05, 4.69) is 15.9 Å². The minimum Gasteiger partial charge on any atom is -0.438 e. The monoisotopic (exact) mass is 342 g/mol. The highest BCUT2D eigenvalue weighted by atomic mass is 79.9. The van der Waals surface area contributed by atoms with Gasteiger partial charge in [-0.3, -0.25) is 0 Å². The first-order valence-electron chi connectivity index (χ1n) is 5.05. The molecule has 0 fully saturated rings. The summed E-state index contributed by atoms with van der Waals surface area (Å²) in [4.78, 5) is 1.00. The number of thioether (sulfide) groups is 1. The van der Waals surface area contributed by atoms with Crippen molar-refractivity contribution in [2.75, 3.05) is 0 Å². The molecule has 2 aromatic carbocycles. The summed E-state index contributed by atoms with van der Waals surface area (Å²) in [7, 11) is 0. The second-order valence-corrected chi connectivity index (χ2v) is 5.87. The molecule has 0 unspecified atom stereocenters. The molecule has 92 valence electrons. The maximum atomic E-state index is 12.9. The summed E-state index contributed by atoms with van der Waals surface area (Å²) in [5.74, 6) is 0.181. The van der Waals surface area contributed by atoms with Crippen molar-refractivity contribution in [3.63, 3.8) is 0 Å². The summed E-state index contributed by atoms with van der Waals surface area (Å²) in [6, 6.07) is 13.9. The minimum atomic E-state index is -0.323. The second-order valence-electron chi connectivity index (χ2n) is 3.34. The van der Waals surface area contributed by atoms with E-state index in [-0.39, 0.29) is 5.82 Å². The Morgan fingerprint density at radius 2 is 1.89 bits per heavy atom. The van der Waals surface area contributed by atoms with Gasteiger partial charge in [-0.15, -0.1) is 0 Å². The average molecular weight is 343 g/mol. The van der Waals surface area contributed by atoms with Crippen molar-refractivity contribution in [2.45, 2.75) is 4.90 Å². The third-order valence-electron chi connectivity index (χ3n) is 2.03. The van der Waals surface area contributed by atoms with E-state index in [0.29, 0.717) is 14.6 Å².